The van der Waals surface area contributed by atoms with Crippen molar-refractivity contribution in [2.24, 2.45) is 5.92 Å². The van der Waals surface area contributed by atoms with Gasteiger partial charge in [-0.2, -0.15) is 0 Å². The lowest BCUT2D eigenvalue weighted by molar-refractivity contribution is -0.124. The van der Waals surface area contributed by atoms with Crippen molar-refractivity contribution in [1.29, 1.82) is 0 Å². The summed E-state index contributed by atoms with van der Waals surface area (Å²) in [4.78, 5) is 25.9. The molecule has 2 N–H and O–H groups in total. The third kappa shape index (κ3) is 3.30. The van der Waals surface area contributed by atoms with E-state index in [1.807, 2.05) is 13.8 Å². The van der Waals surface area contributed by atoms with E-state index in [-0.39, 0.29) is 17.5 Å². The van der Waals surface area contributed by atoms with Crippen molar-refractivity contribution in [1.82, 2.24) is 10.3 Å². The lowest BCUT2D eigenvalue weighted by atomic mass is 10.1. The van der Waals surface area contributed by atoms with Crippen LogP contribution in [0.2, 0.25) is 0 Å². The lowest BCUT2D eigenvalue weighted by Gasteiger charge is -2.07. The minimum Gasteiger partial charge on any atom is -0.476 e. The Labute approximate surface area is 97.5 Å². The first-order valence-electron chi connectivity index (χ1n) is 5.00. The quantitative estimate of drug-likeness (QED) is 0.820. The first kappa shape index (κ1) is 12.6. The van der Waals surface area contributed by atoms with Crippen molar-refractivity contribution >= 4 is 23.2 Å². The number of carboxylic acid groups (broad SMARTS) is 1. The van der Waals surface area contributed by atoms with Crippen LogP contribution in [-0.4, -0.2) is 22.0 Å². The summed E-state index contributed by atoms with van der Waals surface area (Å²) in [5, 5.41) is 13.4. The van der Waals surface area contributed by atoms with E-state index in [4.69, 9.17) is 5.11 Å². The van der Waals surface area contributed by atoms with Crippen LogP contribution in [-0.2, 0) is 11.3 Å². The Morgan fingerprint density at radius 2 is 2.31 bits per heavy atom. The van der Waals surface area contributed by atoms with E-state index in [1.165, 1.54) is 16.7 Å². The number of carboxylic acids is 1. The first-order valence-corrected chi connectivity index (χ1v) is 5.88. The Kier molecular flexibility index (Phi) is 4.42. The van der Waals surface area contributed by atoms with Crippen LogP contribution in [0.1, 0.15) is 35.8 Å². The summed E-state index contributed by atoms with van der Waals surface area (Å²) in [6.07, 6.45) is 0.782. The Bertz CT molecular complexity index is 389. The number of aromatic nitrogens is 1. The molecule has 1 heterocycles. The summed E-state index contributed by atoms with van der Waals surface area (Å²) in [5.41, 5.74) is 0.0257. The molecule has 0 spiro atoms. The number of amides is 1. The minimum absolute atomic E-state index is 0.0257. The Morgan fingerprint density at radius 3 is 2.81 bits per heavy atom. The van der Waals surface area contributed by atoms with Gasteiger partial charge in [0, 0.05) is 11.3 Å². The third-order valence-electron chi connectivity index (χ3n) is 2.24. The van der Waals surface area contributed by atoms with Gasteiger partial charge in [-0.25, -0.2) is 9.78 Å². The molecule has 0 bridgehead atoms. The average molecular weight is 242 g/mol. The maximum Gasteiger partial charge on any atom is 0.355 e. The normalized spacial score (nSPS) is 12.1. The number of aromatic carboxylic acids is 1. The maximum atomic E-state index is 11.4. The van der Waals surface area contributed by atoms with Gasteiger partial charge in [-0.15, -0.1) is 11.3 Å². The second-order valence-corrected chi connectivity index (χ2v) is 4.40. The number of nitrogens with zero attached hydrogens (tertiary/aromatic N) is 1. The van der Waals surface area contributed by atoms with E-state index in [9.17, 15) is 9.59 Å². The van der Waals surface area contributed by atoms with Crippen molar-refractivity contribution in [2.75, 3.05) is 0 Å². The SMILES string of the molecule is CCC(C)C(=O)NCc1nc(C(=O)O)cs1. The molecule has 0 saturated carbocycles. The smallest absolute Gasteiger partial charge is 0.355 e. The summed E-state index contributed by atoms with van der Waals surface area (Å²) in [6.45, 7) is 4.08. The number of rotatable bonds is 5. The summed E-state index contributed by atoms with van der Waals surface area (Å²) < 4.78 is 0. The van der Waals surface area contributed by atoms with Gasteiger partial charge < -0.3 is 10.4 Å². The number of thiazole rings is 1. The van der Waals surface area contributed by atoms with Gasteiger partial charge in [-0.1, -0.05) is 13.8 Å². The summed E-state index contributed by atoms with van der Waals surface area (Å²) in [6, 6.07) is 0. The molecule has 6 heteroatoms. The molecule has 0 radical (unpaired) electrons. The number of nitrogens with one attached hydrogen (secondary N) is 1. The molecule has 1 rings (SSSR count). The molecule has 0 aliphatic rings. The second kappa shape index (κ2) is 5.60. The molecule has 0 aliphatic carbocycles. The van der Waals surface area contributed by atoms with Crippen LogP contribution in [0.3, 0.4) is 0 Å². The molecule has 0 fully saturated rings. The molecule has 1 amide bonds. The Morgan fingerprint density at radius 1 is 1.62 bits per heavy atom. The fourth-order valence-corrected chi connectivity index (χ4v) is 1.72. The summed E-state index contributed by atoms with van der Waals surface area (Å²) in [7, 11) is 0. The number of hydrogen-bond donors (Lipinski definition) is 2. The Balaban J connectivity index is 2.48. The third-order valence-corrected chi connectivity index (χ3v) is 3.09. The highest BCUT2D eigenvalue weighted by Crippen LogP contribution is 2.10. The summed E-state index contributed by atoms with van der Waals surface area (Å²) >= 11 is 1.23. The second-order valence-electron chi connectivity index (χ2n) is 3.46. The van der Waals surface area contributed by atoms with Gasteiger partial charge in [0.15, 0.2) is 5.69 Å². The van der Waals surface area contributed by atoms with E-state index < -0.39 is 5.97 Å². The number of hydrogen-bond acceptors (Lipinski definition) is 4. The van der Waals surface area contributed by atoms with Gasteiger partial charge in [0.05, 0.1) is 6.54 Å². The minimum atomic E-state index is -1.05. The van der Waals surface area contributed by atoms with Crippen molar-refractivity contribution in [2.45, 2.75) is 26.8 Å². The molecule has 0 aromatic carbocycles. The lowest BCUT2D eigenvalue weighted by Crippen LogP contribution is -2.28. The van der Waals surface area contributed by atoms with Crippen molar-refractivity contribution < 1.29 is 14.7 Å². The zero-order valence-corrected chi connectivity index (χ0v) is 10.0. The molecule has 5 nitrogen and oxygen atoms in total. The van der Waals surface area contributed by atoms with E-state index in [2.05, 4.69) is 10.3 Å². The molecule has 1 aromatic rings. The van der Waals surface area contributed by atoms with Gasteiger partial charge in [0.1, 0.15) is 5.01 Å². The van der Waals surface area contributed by atoms with E-state index in [0.717, 1.165) is 6.42 Å². The topological polar surface area (TPSA) is 79.3 Å². The monoisotopic (exact) mass is 242 g/mol. The first-order chi connectivity index (χ1) is 7.54. The van der Waals surface area contributed by atoms with Crippen LogP contribution in [0, 0.1) is 5.92 Å². The van der Waals surface area contributed by atoms with Crippen LogP contribution < -0.4 is 5.32 Å². The number of carbonyl (C=O) groups excluding carboxylic acids is 1. The molecule has 16 heavy (non-hydrogen) atoms. The standard InChI is InChI=1S/C10H14N2O3S/c1-3-6(2)9(13)11-4-8-12-7(5-16-8)10(14)15/h5-6H,3-4H2,1-2H3,(H,11,13)(H,14,15). The van der Waals surface area contributed by atoms with Crippen molar-refractivity contribution in [3.8, 4) is 0 Å². The highest BCUT2D eigenvalue weighted by Gasteiger charge is 2.12. The molecular formula is C10H14N2O3S. The number of carbonyl (C=O) groups is 2. The molecular weight excluding hydrogens is 228 g/mol. The molecule has 0 aliphatic heterocycles. The maximum absolute atomic E-state index is 11.4. The van der Waals surface area contributed by atoms with Gasteiger partial charge in [-0.05, 0) is 6.42 Å². The van der Waals surface area contributed by atoms with E-state index >= 15 is 0 Å². The molecule has 1 unspecified atom stereocenters. The molecule has 88 valence electrons. The molecule has 1 atom stereocenters. The van der Waals surface area contributed by atoms with Gasteiger partial charge in [-0.3, -0.25) is 4.79 Å². The predicted octanol–water partition coefficient (Wildman–Crippen LogP) is 1.50. The van der Waals surface area contributed by atoms with Crippen LogP contribution >= 0.6 is 11.3 Å². The van der Waals surface area contributed by atoms with Crippen LogP contribution in [0.5, 0.6) is 0 Å². The molecule has 0 saturated heterocycles. The van der Waals surface area contributed by atoms with Gasteiger partial charge >= 0.3 is 5.97 Å². The van der Waals surface area contributed by atoms with Gasteiger partial charge in [0.25, 0.3) is 0 Å². The van der Waals surface area contributed by atoms with E-state index in [0.29, 0.717) is 11.6 Å². The predicted molar refractivity (Wildman–Crippen MR) is 60.4 cm³/mol. The highest BCUT2D eigenvalue weighted by molar-refractivity contribution is 7.09. The molecule has 1 aromatic heterocycles. The van der Waals surface area contributed by atoms with Crippen molar-refractivity contribution in [3.05, 3.63) is 16.1 Å². The average Bonchev–Trinajstić information content (AvgIpc) is 2.73. The zero-order valence-electron chi connectivity index (χ0n) is 9.19. The highest BCUT2D eigenvalue weighted by atomic mass is 32.1. The zero-order chi connectivity index (χ0) is 12.1. The van der Waals surface area contributed by atoms with Crippen molar-refractivity contribution in [3.63, 3.8) is 0 Å². The van der Waals surface area contributed by atoms with Crippen LogP contribution in [0.15, 0.2) is 5.38 Å². The summed E-state index contributed by atoms with van der Waals surface area (Å²) in [5.74, 6) is -1.11. The fraction of sp³-hybridized carbons (Fsp3) is 0.500. The van der Waals surface area contributed by atoms with E-state index in [1.54, 1.807) is 0 Å². The fourth-order valence-electron chi connectivity index (χ4n) is 1.01. The van der Waals surface area contributed by atoms with Crippen LogP contribution in [0.4, 0.5) is 0 Å². The largest absolute Gasteiger partial charge is 0.476 e. The van der Waals surface area contributed by atoms with Crippen LogP contribution in [0.25, 0.3) is 0 Å². The Hall–Kier alpha value is -1.43. The van der Waals surface area contributed by atoms with Gasteiger partial charge in [0.2, 0.25) is 5.91 Å².